The molecule has 13 heavy (non-hydrogen) atoms. The largest absolute Gasteiger partial charge is 0.465 e. The average Bonchev–Trinajstić information content (AvgIpc) is 2.12. The number of hydrogen-bond donors (Lipinski definition) is 1. The number of carbonyl (C=O) groups excluding carboxylic acids is 1. The van der Waals surface area contributed by atoms with Gasteiger partial charge in [-0.2, -0.15) is 0 Å². The maximum Gasteiger partial charge on any atom is 0.316 e. The van der Waals surface area contributed by atoms with E-state index >= 15 is 0 Å². The molecule has 0 saturated heterocycles. The van der Waals surface area contributed by atoms with Gasteiger partial charge in [0.1, 0.15) is 0 Å². The first-order chi connectivity index (χ1) is 6.04. The van der Waals surface area contributed by atoms with Crippen LogP contribution in [0.2, 0.25) is 0 Å². The quantitative estimate of drug-likeness (QED) is 0.392. The number of rotatable bonds is 6. The van der Waals surface area contributed by atoms with Crippen LogP contribution < -0.4 is 0 Å². The minimum absolute atomic E-state index is 0.307. The first-order valence-electron chi connectivity index (χ1n) is 4.73. The summed E-state index contributed by atoms with van der Waals surface area (Å²) in [5, 5.41) is 7.03. The normalized spacial score (nSPS) is 11.0. The maximum absolute atomic E-state index is 11.3. The molecule has 0 rings (SSSR count). The molecule has 0 aliphatic heterocycles. The molecule has 0 radical (unpaired) electrons. The second-order valence-corrected chi connectivity index (χ2v) is 3.71. The second-order valence-electron chi connectivity index (χ2n) is 3.71. The van der Waals surface area contributed by atoms with Gasteiger partial charge in [-0.1, -0.05) is 19.8 Å². The van der Waals surface area contributed by atoms with Crippen molar-refractivity contribution in [3.63, 3.8) is 0 Å². The number of ether oxygens (including phenoxy) is 1. The van der Waals surface area contributed by atoms with Gasteiger partial charge in [-0.25, -0.2) is 0 Å². The van der Waals surface area contributed by atoms with E-state index in [1.807, 2.05) is 0 Å². The molecule has 76 valence electrons. The summed E-state index contributed by atoms with van der Waals surface area (Å²) in [6, 6.07) is 0. The monoisotopic (exact) mass is 185 g/mol. The summed E-state index contributed by atoms with van der Waals surface area (Å²) in [4.78, 5) is 11.3. The molecule has 0 aliphatic rings. The zero-order valence-electron chi connectivity index (χ0n) is 8.72. The fourth-order valence-electron chi connectivity index (χ4n) is 0.762. The smallest absolute Gasteiger partial charge is 0.316 e. The lowest BCUT2D eigenvalue weighted by atomic mass is 9.96. The molecule has 0 aliphatic carbocycles. The van der Waals surface area contributed by atoms with Crippen molar-refractivity contribution in [2.24, 2.45) is 5.41 Å². The molecule has 0 aromatic heterocycles. The van der Waals surface area contributed by atoms with Crippen molar-refractivity contribution in [3.05, 3.63) is 0 Å². The molecule has 0 amide bonds. The van der Waals surface area contributed by atoms with Crippen molar-refractivity contribution in [2.75, 3.05) is 6.61 Å². The van der Waals surface area contributed by atoms with E-state index in [4.69, 9.17) is 10.1 Å². The van der Waals surface area contributed by atoms with Crippen molar-refractivity contribution >= 4 is 12.2 Å². The molecule has 0 atom stereocenters. The van der Waals surface area contributed by atoms with Gasteiger partial charge in [0.15, 0.2) is 0 Å². The van der Waals surface area contributed by atoms with E-state index in [-0.39, 0.29) is 5.97 Å². The van der Waals surface area contributed by atoms with Gasteiger partial charge in [0.2, 0.25) is 0 Å². The molecule has 0 fully saturated rings. The summed E-state index contributed by atoms with van der Waals surface area (Å²) in [6.45, 7) is 5.94. The molecular formula is C10H19NO2. The van der Waals surface area contributed by atoms with Crippen molar-refractivity contribution in [1.82, 2.24) is 0 Å². The summed E-state index contributed by atoms with van der Waals surface area (Å²) >= 11 is 0. The number of nitrogens with one attached hydrogen (secondary N) is 1. The van der Waals surface area contributed by atoms with Crippen molar-refractivity contribution in [1.29, 1.82) is 5.41 Å². The first-order valence-corrected chi connectivity index (χ1v) is 4.73. The number of hydrogen-bond acceptors (Lipinski definition) is 3. The SMILES string of the molecule is CCCCCOC(=O)C(C)(C)C=N. The van der Waals surface area contributed by atoms with Gasteiger partial charge in [0.05, 0.1) is 12.0 Å². The Hall–Kier alpha value is -0.860. The summed E-state index contributed by atoms with van der Waals surface area (Å²) in [7, 11) is 0. The van der Waals surface area contributed by atoms with Gasteiger partial charge in [0, 0.05) is 6.21 Å². The lowest BCUT2D eigenvalue weighted by Crippen LogP contribution is -2.28. The Morgan fingerprint density at radius 2 is 2.08 bits per heavy atom. The average molecular weight is 185 g/mol. The lowest BCUT2D eigenvalue weighted by molar-refractivity contribution is -0.150. The van der Waals surface area contributed by atoms with E-state index < -0.39 is 5.41 Å². The van der Waals surface area contributed by atoms with Crippen LogP contribution in [0.15, 0.2) is 0 Å². The molecule has 1 N–H and O–H groups in total. The number of unbranched alkanes of at least 4 members (excludes halogenated alkanes) is 2. The van der Waals surface area contributed by atoms with Crippen LogP contribution in [0.5, 0.6) is 0 Å². The Morgan fingerprint density at radius 3 is 2.54 bits per heavy atom. The first kappa shape index (κ1) is 12.1. The van der Waals surface area contributed by atoms with Crippen LogP contribution in [-0.2, 0) is 9.53 Å². The van der Waals surface area contributed by atoms with Gasteiger partial charge < -0.3 is 10.1 Å². The van der Waals surface area contributed by atoms with Gasteiger partial charge in [-0.05, 0) is 20.3 Å². The van der Waals surface area contributed by atoms with E-state index in [1.54, 1.807) is 13.8 Å². The Bertz CT molecular complexity index is 176. The molecule has 0 bridgehead atoms. The maximum atomic E-state index is 11.3. The Kier molecular flexibility index (Phi) is 5.35. The van der Waals surface area contributed by atoms with Gasteiger partial charge >= 0.3 is 5.97 Å². The van der Waals surface area contributed by atoms with Crippen LogP contribution in [-0.4, -0.2) is 18.8 Å². The van der Waals surface area contributed by atoms with Crippen molar-refractivity contribution < 1.29 is 9.53 Å². The summed E-state index contributed by atoms with van der Waals surface area (Å²) in [5.74, 6) is -0.307. The zero-order chi connectivity index (χ0) is 10.3. The minimum Gasteiger partial charge on any atom is -0.465 e. The van der Waals surface area contributed by atoms with E-state index in [0.717, 1.165) is 25.5 Å². The lowest BCUT2D eigenvalue weighted by Gasteiger charge is -2.16. The topological polar surface area (TPSA) is 50.2 Å². The third-order valence-electron chi connectivity index (χ3n) is 1.87. The molecule has 3 nitrogen and oxygen atoms in total. The third kappa shape index (κ3) is 4.65. The molecule has 0 aromatic carbocycles. The van der Waals surface area contributed by atoms with E-state index in [0.29, 0.717) is 6.61 Å². The molecule has 0 saturated carbocycles. The standard InChI is InChI=1S/C10H19NO2/c1-4-5-6-7-13-9(12)10(2,3)8-11/h8,11H,4-7H2,1-3H3. The molecule has 0 aromatic rings. The third-order valence-corrected chi connectivity index (χ3v) is 1.87. The van der Waals surface area contributed by atoms with Crippen LogP contribution in [0.25, 0.3) is 0 Å². The van der Waals surface area contributed by atoms with Gasteiger partial charge in [-0.15, -0.1) is 0 Å². The predicted octanol–water partition coefficient (Wildman–Crippen LogP) is 2.40. The Morgan fingerprint density at radius 1 is 1.46 bits per heavy atom. The fourth-order valence-corrected chi connectivity index (χ4v) is 0.762. The molecule has 0 unspecified atom stereocenters. The van der Waals surface area contributed by atoms with Crippen LogP contribution in [0, 0.1) is 10.8 Å². The summed E-state index contributed by atoms with van der Waals surface area (Å²) in [6.07, 6.45) is 4.23. The summed E-state index contributed by atoms with van der Waals surface area (Å²) in [5.41, 5.74) is -0.772. The number of esters is 1. The highest BCUT2D eigenvalue weighted by atomic mass is 16.5. The predicted molar refractivity (Wildman–Crippen MR) is 53.0 cm³/mol. The molecule has 0 heterocycles. The molecular weight excluding hydrogens is 166 g/mol. The second kappa shape index (κ2) is 5.73. The van der Waals surface area contributed by atoms with E-state index in [9.17, 15) is 4.79 Å². The van der Waals surface area contributed by atoms with Crippen molar-refractivity contribution in [2.45, 2.75) is 40.0 Å². The van der Waals surface area contributed by atoms with Crippen LogP contribution >= 0.6 is 0 Å². The Labute approximate surface area is 80.0 Å². The minimum atomic E-state index is -0.772. The van der Waals surface area contributed by atoms with Crippen LogP contribution in [0.3, 0.4) is 0 Å². The van der Waals surface area contributed by atoms with Gasteiger partial charge in [0.25, 0.3) is 0 Å². The van der Waals surface area contributed by atoms with Crippen LogP contribution in [0.1, 0.15) is 40.0 Å². The van der Waals surface area contributed by atoms with E-state index in [1.165, 1.54) is 0 Å². The molecule has 0 spiro atoms. The fraction of sp³-hybridized carbons (Fsp3) is 0.800. The van der Waals surface area contributed by atoms with Crippen molar-refractivity contribution in [3.8, 4) is 0 Å². The molecule has 3 heteroatoms. The summed E-state index contributed by atoms with van der Waals surface area (Å²) < 4.78 is 5.01. The van der Waals surface area contributed by atoms with Crippen LogP contribution in [0.4, 0.5) is 0 Å². The zero-order valence-corrected chi connectivity index (χ0v) is 8.72. The highest BCUT2D eigenvalue weighted by Gasteiger charge is 2.26. The van der Waals surface area contributed by atoms with Gasteiger partial charge in [-0.3, -0.25) is 4.79 Å². The Balaban J connectivity index is 3.68. The number of carbonyl (C=O) groups is 1. The highest BCUT2D eigenvalue weighted by molar-refractivity contribution is 5.92. The highest BCUT2D eigenvalue weighted by Crippen LogP contribution is 2.13. The van der Waals surface area contributed by atoms with E-state index in [2.05, 4.69) is 6.92 Å².